The van der Waals surface area contributed by atoms with Crippen LogP contribution in [0.5, 0.6) is 0 Å². The van der Waals surface area contributed by atoms with Crippen LogP contribution < -0.4 is 10.2 Å². The van der Waals surface area contributed by atoms with Crippen LogP contribution in [-0.2, 0) is 14.4 Å². The van der Waals surface area contributed by atoms with E-state index in [2.05, 4.69) is 15.1 Å². The van der Waals surface area contributed by atoms with Crippen molar-refractivity contribution < 1.29 is 29.1 Å². The van der Waals surface area contributed by atoms with Crippen molar-refractivity contribution in [2.45, 2.75) is 51.0 Å². The highest BCUT2D eigenvalue weighted by molar-refractivity contribution is 6.23. The number of aliphatic carboxylic acids is 1. The van der Waals surface area contributed by atoms with Gasteiger partial charge in [-0.05, 0) is 75.2 Å². The molecule has 3 saturated heterocycles. The molecule has 2 N–H and O–H groups in total. The first-order valence-corrected chi connectivity index (χ1v) is 12.8. The van der Waals surface area contributed by atoms with Crippen molar-refractivity contribution in [2.24, 2.45) is 11.8 Å². The van der Waals surface area contributed by atoms with Crippen LogP contribution in [0.15, 0.2) is 18.2 Å². The van der Waals surface area contributed by atoms with E-state index < -0.39 is 29.7 Å². The quantitative estimate of drug-likeness (QED) is 0.567. The summed E-state index contributed by atoms with van der Waals surface area (Å²) in [5, 5.41) is 11.2. The number of likely N-dealkylation sites (tertiary alicyclic amines) is 1. The summed E-state index contributed by atoms with van der Waals surface area (Å²) in [6, 6.07) is 4.34. The fourth-order valence-electron chi connectivity index (χ4n) is 6.01. The molecule has 0 saturated carbocycles. The summed E-state index contributed by atoms with van der Waals surface area (Å²) in [6.45, 7) is 4.67. The maximum absolute atomic E-state index is 13.1. The Morgan fingerprint density at radius 3 is 2.22 bits per heavy atom. The molecule has 0 aromatic heterocycles. The number of amides is 4. The molecule has 3 fully saturated rings. The number of carbonyl (C=O) groups is 5. The lowest BCUT2D eigenvalue weighted by Crippen LogP contribution is -2.54. The van der Waals surface area contributed by atoms with Crippen LogP contribution in [0.1, 0.15) is 65.7 Å². The smallest absolute Gasteiger partial charge is 0.303 e. The van der Waals surface area contributed by atoms with Crippen molar-refractivity contribution in [1.82, 2.24) is 15.1 Å². The van der Waals surface area contributed by atoms with Gasteiger partial charge in [-0.1, -0.05) is 0 Å². The van der Waals surface area contributed by atoms with Crippen LogP contribution in [0, 0.1) is 11.8 Å². The first-order valence-electron chi connectivity index (χ1n) is 12.8. The Labute approximate surface area is 209 Å². The highest BCUT2D eigenvalue weighted by atomic mass is 16.4. The molecule has 0 radical (unpaired) electrons. The predicted molar refractivity (Wildman–Crippen MR) is 129 cm³/mol. The Balaban J connectivity index is 1.17. The summed E-state index contributed by atoms with van der Waals surface area (Å²) in [4.78, 5) is 66.4. The minimum Gasteiger partial charge on any atom is -0.481 e. The Morgan fingerprint density at radius 1 is 0.889 bits per heavy atom. The summed E-state index contributed by atoms with van der Waals surface area (Å²) in [5.41, 5.74) is 1.51. The third-order valence-electron chi connectivity index (χ3n) is 8.09. The van der Waals surface area contributed by atoms with E-state index in [1.807, 2.05) is 6.07 Å². The number of piperidine rings is 3. The number of carbonyl (C=O) groups excluding carboxylic acids is 4. The van der Waals surface area contributed by atoms with Gasteiger partial charge in [-0.15, -0.1) is 0 Å². The van der Waals surface area contributed by atoms with Gasteiger partial charge in [0.25, 0.3) is 11.8 Å². The van der Waals surface area contributed by atoms with Crippen molar-refractivity contribution in [3.05, 3.63) is 29.3 Å². The molecule has 192 valence electrons. The SMILES string of the molecule is O=C(O)CC1CCN(CC2CCN(c3ccc4c(c3)C(=O)N(C3CCC(=O)NC3=O)C4=O)CC2)CC1. The number of imide groups is 2. The zero-order chi connectivity index (χ0) is 25.4. The van der Waals surface area contributed by atoms with E-state index in [-0.39, 0.29) is 25.2 Å². The first kappa shape index (κ1) is 24.4. The summed E-state index contributed by atoms with van der Waals surface area (Å²) < 4.78 is 0. The van der Waals surface area contributed by atoms with Gasteiger partial charge in [-0.3, -0.25) is 34.2 Å². The molecule has 0 spiro atoms. The van der Waals surface area contributed by atoms with Crippen LogP contribution in [0.4, 0.5) is 5.69 Å². The largest absolute Gasteiger partial charge is 0.481 e. The lowest BCUT2D eigenvalue weighted by Gasteiger charge is -2.38. The average Bonchev–Trinajstić information content (AvgIpc) is 3.10. The molecule has 0 bridgehead atoms. The number of benzene rings is 1. The van der Waals surface area contributed by atoms with Gasteiger partial charge in [0.05, 0.1) is 11.1 Å². The number of hydrogen-bond donors (Lipinski definition) is 2. The molecule has 1 aromatic rings. The third kappa shape index (κ3) is 4.86. The topological polar surface area (TPSA) is 127 Å². The number of hydrogen-bond acceptors (Lipinski definition) is 7. The molecule has 36 heavy (non-hydrogen) atoms. The Kier molecular flexibility index (Phi) is 6.79. The van der Waals surface area contributed by atoms with Gasteiger partial charge in [0.2, 0.25) is 11.8 Å². The average molecular weight is 497 g/mol. The second kappa shape index (κ2) is 10.0. The maximum atomic E-state index is 13.1. The monoisotopic (exact) mass is 496 g/mol. The van der Waals surface area contributed by atoms with E-state index >= 15 is 0 Å². The van der Waals surface area contributed by atoms with Gasteiger partial charge >= 0.3 is 5.97 Å². The zero-order valence-electron chi connectivity index (χ0n) is 20.3. The summed E-state index contributed by atoms with van der Waals surface area (Å²) >= 11 is 0. The fourth-order valence-corrected chi connectivity index (χ4v) is 6.01. The maximum Gasteiger partial charge on any atom is 0.303 e. The molecule has 1 atom stereocenters. The number of nitrogens with one attached hydrogen (secondary N) is 1. The number of fused-ring (bicyclic) bond motifs is 1. The van der Waals surface area contributed by atoms with E-state index in [0.29, 0.717) is 23.0 Å². The third-order valence-corrected chi connectivity index (χ3v) is 8.09. The van der Waals surface area contributed by atoms with Crippen LogP contribution in [0.25, 0.3) is 0 Å². The van der Waals surface area contributed by atoms with Crippen molar-refractivity contribution >= 4 is 35.3 Å². The van der Waals surface area contributed by atoms with Crippen molar-refractivity contribution in [1.29, 1.82) is 0 Å². The van der Waals surface area contributed by atoms with Gasteiger partial charge in [0.15, 0.2) is 0 Å². The molecule has 4 heterocycles. The molecule has 4 amide bonds. The summed E-state index contributed by atoms with van der Waals surface area (Å²) in [6.07, 6.45) is 4.47. The Bertz CT molecular complexity index is 1090. The highest BCUT2D eigenvalue weighted by Crippen LogP contribution is 2.32. The molecule has 4 aliphatic rings. The van der Waals surface area contributed by atoms with Crippen molar-refractivity contribution in [3.63, 3.8) is 0 Å². The standard InChI is InChI=1S/C26H32N4O6/c31-22-4-3-21(24(34)27-22)30-25(35)19-2-1-18(14-20(19)26(30)36)29-11-7-17(8-12-29)15-28-9-5-16(6-10-28)13-23(32)33/h1-2,14,16-17,21H,3-13,15H2,(H,32,33)(H,27,31,34). The minimum atomic E-state index is -0.955. The number of rotatable bonds is 6. The lowest BCUT2D eigenvalue weighted by molar-refractivity contribution is -0.139. The molecular weight excluding hydrogens is 464 g/mol. The van der Waals surface area contributed by atoms with E-state index in [4.69, 9.17) is 5.11 Å². The molecule has 0 aliphatic carbocycles. The zero-order valence-corrected chi connectivity index (χ0v) is 20.3. The van der Waals surface area contributed by atoms with Gasteiger partial charge in [0.1, 0.15) is 6.04 Å². The molecule has 1 aromatic carbocycles. The Morgan fingerprint density at radius 2 is 1.56 bits per heavy atom. The number of nitrogens with zero attached hydrogens (tertiary/aromatic N) is 3. The number of anilines is 1. The Hall–Kier alpha value is -3.27. The van der Waals surface area contributed by atoms with E-state index in [9.17, 15) is 24.0 Å². The lowest BCUT2D eigenvalue weighted by atomic mass is 9.91. The van der Waals surface area contributed by atoms with Gasteiger partial charge in [-0.25, -0.2) is 0 Å². The second-order valence-corrected chi connectivity index (χ2v) is 10.4. The van der Waals surface area contributed by atoms with Crippen LogP contribution in [0.2, 0.25) is 0 Å². The number of carboxylic acid groups (broad SMARTS) is 1. The van der Waals surface area contributed by atoms with Crippen LogP contribution in [0.3, 0.4) is 0 Å². The van der Waals surface area contributed by atoms with Crippen molar-refractivity contribution in [2.75, 3.05) is 37.6 Å². The molecule has 5 rings (SSSR count). The van der Waals surface area contributed by atoms with Crippen LogP contribution in [-0.4, -0.2) is 83.3 Å². The molecule has 1 unspecified atom stereocenters. The van der Waals surface area contributed by atoms with Gasteiger partial charge < -0.3 is 14.9 Å². The van der Waals surface area contributed by atoms with E-state index in [1.165, 1.54) is 0 Å². The fraction of sp³-hybridized carbons (Fsp3) is 0.577. The minimum absolute atomic E-state index is 0.102. The molecule has 10 nitrogen and oxygen atoms in total. The molecular formula is C26H32N4O6. The van der Waals surface area contributed by atoms with E-state index in [1.54, 1.807) is 12.1 Å². The second-order valence-electron chi connectivity index (χ2n) is 10.4. The normalized spacial score (nSPS) is 24.3. The summed E-state index contributed by atoms with van der Waals surface area (Å²) in [7, 11) is 0. The highest BCUT2D eigenvalue weighted by Gasteiger charge is 2.44. The molecule has 10 heteroatoms. The number of carboxylic acids is 1. The van der Waals surface area contributed by atoms with Gasteiger partial charge in [-0.2, -0.15) is 0 Å². The van der Waals surface area contributed by atoms with Crippen LogP contribution >= 0.6 is 0 Å². The first-order chi connectivity index (χ1) is 17.3. The molecule has 4 aliphatic heterocycles. The predicted octanol–water partition coefficient (Wildman–Crippen LogP) is 1.49. The van der Waals surface area contributed by atoms with Crippen molar-refractivity contribution in [3.8, 4) is 0 Å². The van der Waals surface area contributed by atoms with Gasteiger partial charge in [0, 0.05) is 38.2 Å². The summed E-state index contributed by atoms with van der Waals surface area (Å²) in [5.74, 6) is -1.79. The van der Waals surface area contributed by atoms with E-state index in [0.717, 1.165) is 69.0 Å².